The van der Waals surface area contributed by atoms with Gasteiger partial charge in [-0.3, -0.25) is 9.78 Å². The largest absolute Gasteiger partial charge is 0.385 e. The van der Waals surface area contributed by atoms with Gasteiger partial charge >= 0.3 is 0 Å². The maximum atomic E-state index is 13.0. The Morgan fingerprint density at radius 1 is 1.19 bits per heavy atom. The molecule has 0 fully saturated rings. The molecule has 1 atom stereocenters. The summed E-state index contributed by atoms with van der Waals surface area (Å²) in [4.78, 5) is 17.5. The summed E-state index contributed by atoms with van der Waals surface area (Å²) in [7, 11) is 0. The summed E-state index contributed by atoms with van der Waals surface area (Å²) in [5.74, 6) is 0.183. The third kappa shape index (κ3) is 2.04. The number of nitrogens with one attached hydrogen (secondary N) is 1. The van der Waals surface area contributed by atoms with Crippen molar-refractivity contribution in [1.29, 1.82) is 0 Å². The predicted molar refractivity (Wildman–Crippen MR) is 82.9 cm³/mol. The first-order chi connectivity index (χ1) is 10.3. The minimum absolute atomic E-state index is 0.0605. The molecule has 3 nitrogen and oxygen atoms in total. The zero-order valence-corrected chi connectivity index (χ0v) is 11.9. The number of Topliss-reactive ketones (excluding diaryl/α,β-unsaturated/α-hetero) is 1. The van der Waals surface area contributed by atoms with Crippen molar-refractivity contribution in [1.82, 2.24) is 4.98 Å². The SMILES string of the molecule is O=C(c1cccc2c1CCCN2)C1CCc2cccnc21. The van der Waals surface area contributed by atoms with E-state index in [4.69, 9.17) is 0 Å². The monoisotopic (exact) mass is 278 g/mol. The predicted octanol–water partition coefficient (Wildman–Crippen LogP) is 3.35. The highest BCUT2D eigenvalue weighted by atomic mass is 16.1. The number of aryl methyl sites for hydroxylation is 1. The first-order valence-electron chi connectivity index (χ1n) is 7.68. The number of fused-ring (bicyclic) bond motifs is 2. The van der Waals surface area contributed by atoms with Crippen LogP contribution in [0, 0.1) is 0 Å². The number of nitrogens with zero attached hydrogens (tertiary/aromatic N) is 1. The normalized spacial score (nSPS) is 19.5. The standard InChI is InChI=1S/C18H18N2O/c21-18(15-9-8-12-4-2-11-20-17(12)15)14-5-1-7-16-13(14)6-3-10-19-16/h1-2,4-5,7,11,15,19H,3,6,8-10H2. The summed E-state index contributed by atoms with van der Waals surface area (Å²) in [6.45, 7) is 0.998. The van der Waals surface area contributed by atoms with Crippen LogP contribution in [-0.4, -0.2) is 17.3 Å². The highest BCUT2D eigenvalue weighted by Gasteiger charge is 2.32. The Morgan fingerprint density at radius 2 is 2.14 bits per heavy atom. The van der Waals surface area contributed by atoms with Crippen LogP contribution in [0.25, 0.3) is 0 Å². The molecule has 4 rings (SSSR count). The van der Waals surface area contributed by atoms with E-state index in [1.165, 1.54) is 11.1 Å². The molecule has 106 valence electrons. The molecule has 21 heavy (non-hydrogen) atoms. The van der Waals surface area contributed by atoms with E-state index in [0.717, 1.165) is 49.2 Å². The lowest BCUT2D eigenvalue weighted by molar-refractivity contribution is 0.0957. The van der Waals surface area contributed by atoms with Gasteiger partial charge in [-0.05, 0) is 48.9 Å². The van der Waals surface area contributed by atoms with Crippen molar-refractivity contribution in [2.24, 2.45) is 0 Å². The van der Waals surface area contributed by atoms with Crippen LogP contribution in [-0.2, 0) is 12.8 Å². The van der Waals surface area contributed by atoms with E-state index in [-0.39, 0.29) is 11.7 Å². The number of carbonyl (C=O) groups excluding carboxylic acids is 1. The number of pyridine rings is 1. The van der Waals surface area contributed by atoms with Gasteiger partial charge in [0.25, 0.3) is 0 Å². The molecule has 0 saturated carbocycles. The minimum atomic E-state index is -0.0605. The molecular formula is C18H18N2O. The van der Waals surface area contributed by atoms with Crippen molar-refractivity contribution >= 4 is 11.5 Å². The molecule has 1 aliphatic heterocycles. The van der Waals surface area contributed by atoms with E-state index in [1.807, 2.05) is 18.2 Å². The van der Waals surface area contributed by atoms with Crippen molar-refractivity contribution < 1.29 is 4.79 Å². The van der Waals surface area contributed by atoms with E-state index >= 15 is 0 Å². The molecule has 1 unspecified atom stereocenters. The van der Waals surface area contributed by atoms with Gasteiger partial charge in [-0.2, -0.15) is 0 Å². The maximum Gasteiger partial charge on any atom is 0.172 e. The highest BCUT2D eigenvalue weighted by molar-refractivity contribution is 6.03. The van der Waals surface area contributed by atoms with Gasteiger partial charge in [0.05, 0.1) is 11.6 Å². The second kappa shape index (κ2) is 4.99. The summed E-state index contributed by atoms with van der Waals surface area (Å²) in [5, 5.41) is 3.40. The Morgan fingerprint density at radius 3 is 3.10 bits per heavy atom. The smallest absolute Gasteiger partial charge is 0.172 e. The molecule has 2 aliphatic rings. The van der Waals surface area contributed by atoms with Crippen LogP contribution in [0.3, 0.4) is 0 Å². The fourth-order valence-corrected chi connectivity index (χ4v) is 3.60. The maximum absolute atomic E-state index is 13.0. The molecule has 0 saturated heterocycles. The van der Waals surface area contributed by atoms with Gasteiger partial charge in [-0.15, -0.1) is 0 Å². The molecule has 1 N–H and O–H groups in total. The summed E-state index contributed by atoms with van der Waals surface area (Å²) < 4.78 is 0. The molecule has 0 bridgehead atoms. The van der Waals surface area contributed by atoms with Crippen LogP contribution >= 0.6 is 0 Å². The molecule has 0 radical (unpaired) electrons. The fourth-order valence-electron chi connectivity index (χ4n) is 3.60. The van der Waals surface area contributed by atoms with Gasteiger partial charge in [-0.1, -0.05) is 18.2 Å². The zero-order chi connectivity index (χ0) is 14.2. The van der Waals surface area contributed by atoms with Crippen LogP contribution in [0.1, 0.15) is 45.9 Å². The van der Waals surface area contributed by atoms with Gasteiger partial charge < -0.3 is 5.32 Å². The van der Waals surface area contributed by atoms with E-state index in [2.05, 4.69) is 22.4 Å². The van der Waals surface area contributed by atoms with Crippen molar-refractivity contribution in [3.63, 3.8) is 0 Å². The van der Waals surface area contributed by atoms with Crippen LogP contribution < -0.4 is 5.32 Å². The molecule has 3 heteroatoms. The summed E-state index contributed by atoms with van der Waals surface area (Å²) in [6.07, 6.45) is 5.74. The van der Waals surface area contributed by atoms with Crippen LogP contribution in [0.2, 0.25) is 0 Å². The van der Waals surface area contributed by atoms with Crippen molar-refractivity contribution in [3.8, 4) is 0 Å². The fraction of sp³-hybridized carbons (Fsp3) is 0.333. The van der Waals surface area contributed by atoms with Gasteiger partial charge in [0.1, 0.15) is 0 Å². The number of benzene rings is 1. The Labute approximate surface area is 124 Å². The lowest BCUT2D eigenvalue weighted by atomic mass is 9.88. The number of anilines is 1. The number of ketones is 1. The third-order valence-corrected chi connectivity index (χ3v) is 4.64. The molecule has 2 aromatic rings. The Hall–Kier alpha value is -2.16. The first kappa shape index (κ1) is 12.6. The number of carbonyl (C=O) groups is 1. The molecule has 2 heterocycles. The molecule has 1 aromatic heterocycles. The van der Waals surface area contributed by atoms with Gasteiger partial charge in [0.15, 0.2) is 5.78 Å². The number of rotatable bonds is 2. The zero-order valence-electron chi connectivity index (χ0n) is 11.9. The summed E-state index contributed by atoms with van der Waals surface area (Å²) >= 11 is 0. The quantitative estimate of drug-likeness (QED) is 0.857. The van der Waals surface area contributed by atoms with Crippen molar-refractivity contribution in [2.45, 2.75) is 31.6 Å². The molecule has 0 amide bonds. The second-order valence-electron chi connectivity index (χ2n) is 5.87. The molecule has 0 spiro atoms. The van der Waals surface area contributed by atoms with Crippen LogP contribution in [0.15, 0.2) is 36.5 Å². The number of hydrogen-bond acceptors (Lipinski definition) is 3. The minimum Gasteiger partial charge on any atom is -0.385 e. The molecule has 1 aromatic carbocycles. The van der Waals surface area contributed by atoms with Crippen molar-refractivity contribution in [3.05, 3.63) is 58.9 Å². The third-order valence-electron chi connectivity index (χ3n) is 4.64. The highest BCUT2D eigenvalue weighted by Crippen LogP contribution is 2.36. The Kier molecular flexibility index (Phi) is 2.99. The van der Waals surface area contributed by atoms with Crippen molar-refractivity contribution in [2.75, 3.05) is 11.9 Å². The first-order valence-corrected chi connectivity index (χ1v) is 7.68. The topological polar surface area (TPSA) is 42.0 Å². The van der Waals surface area contributed by atoms with E-state index < -0.39 is 0 Å². The average Bonchev–Trinajstić information content (AvgIpc) is 2.98. The van der Waals surface area contributed by atoms with Gasteiger partial charge in [-0.25, -0.2) is 0 Å². The lowest BCUT2D eigenvalue weighted by Gasteiger charge is -2.21. The Balaban J connectivity index is 1.74. The molecular weight excluding hydrogens is 260 g/mol. The molecule has 1 aliphatic carbocycles. The lowest BCUT2D eigenvalue weighted by Crippen LogP contribution is -2.18. The second-order valence-corrected chi connectivity index (χ2v) is 5.87. The number of aromatic nitrogens is 1. The van der Waals surface area contributed by atoms with E-state index in [9.17, 15) is 4.79 Å². The summed E-state index contributed by atoms with van der Waals surface area (Å²) in [5.41, 5.74) is 5.44. The Bertz CT molecular complexity index is 708. The van der Waals surface area contributed by atoms with Crippen LogP contribution in [0.5, 0.6) is 0 Å². The average molecular weight is 278 g/mol. The van der Waals surface area contributed by atoms with E-state index in [0.29, 0.717) is 0 Å². The summed E-state index contributed by atoms with van der Waals surface area (Å²) in [6, 6.07) is 10.1. The van der Waals surface area contributed by atoms with E-state index in [1.54, 1.807) is 6.20 Å². The van der Waals surface area contributed by atoms with Gasteiger partial charge in [0, 0.05) is 24.0 Å². The number of hydrogen-bond donors (Lipinski definition) is 1. The van der Waals surface area contributed by atoms with Crippen LogP contribution in [0.4, 0.5) is 5.69 Å². The van der Waals surface area contributed by atoms with Gasteiger partial charge in [0.2, 0.25) is 0 Å².